The highest BCUT2D eigenvalue weighted by Gasteiger charge is 2.67. The van der Waals surface area contributed by atoms with Crippen LogP contribution in [0.2, 0.25) is 0 Å². The first-order valence-corrected chi connectivity index (χ1v) is 10.6. The van der Waals surface area contributed by atoms with Crippen LogP contribution >= 0.6 is 0 Å². The first kappa shape index (κ1) is 19.9. The second-order valence-corrected chi connectivity index (χ2v) is 8.41. The predicted molar refractivity (Wildman–Crippen MR) is 120 cm³/mol. The third kappa shape index (κ3) is 3.21. The minimum absolute atomic E-state index is 0.168. The molecule has 1 N–H and O–H groups in total. The molecule has 1 heterocycles. The van der Waals surface area contributed by atoms with Crippen molar-refractivity contribution in [2.45, 2.75) is 51.8 Å². The fourth-order valence-corrected chi connectivity index (χ4v) is 5.32. The van der Waals surface area contributed by atoms with Crippen molar-refractivity contribution >= 4 is 0 Å². The van der Waals surface area contributed by atoms with Gasteiger partial charge in [-0.15, -0.1) is 0 Å². The van der Waals surface area contributed by atoms with Gasteiger partial charge in [-0.3, -0.25) is 4.90 Å². The Hall–Kier alpha value is -2.42. The van der Waals surface area contributed by atoms with Crippen molar-refractivity contribution in [2.24, 2.45) is 0 Å². The molecule has 1 aliphatic rings. The molecule has 150 valence electrons. The van der Waals surface area contributed by atoms with Crippen LogP contribution in [0.4, 0.5) is 0 Å². The van der Waals surface area contributed by atoms with E-state index in [1.54, 1.807) is 0 Å². The molecule has 4 rings (SSSR count). The average Bonchev–Trinajstić information content (AvgIpc) is 3.38. The topological polar surface area (TPSA) is 23.2 Å². The van der Waals surface area contributed by atoms with E-state index in [0.717, 1.165) is 18.5 Å². The van der Waals surface area contributed by atoms with Crippen LogP contribution in [0.3, 0.4) is 0 Å². The summed E-state index contributed by atoms with van der Waals surface area (Å²) in [6.45, 7) is 9.54. The Kier molecular flexibility index (Phi) is 5.33. The van der Waals surface area contributed by atoms with Crippen molar-refractivity contribution in [3.8, 4) is 0 Å². The summed E-state index contributed by atoms with van der Waals surface area (Å²) < 4.78 is 0. The molecule has 2 nitrogen and oxygen atoms in total. The molecule has 0 bridgehead atoms. The Labute approximate surface area is 174 Å². The third-order valence-electron chi connectivity index (χ3n) is 6.38. The zero-order valence-corrected chi connectivity index (χ0v) is 17.9. The van der Waals surface area contributed by atoms with E-state index in [0.29, 0.717) is 0 Å². The van der Waals surface area contributed by atoms with E-state index in [-0.39, 0.29) is 6.04 Å². The van der Waals surface area contributed by atoms with E-state index < -0.39 is 11.6 Å². The summed E-state index contributed by atoms with van der Waals surface area (Å²) in [5, 5.41) is 12.0. The maximum Gasteiger partial charge on any atom is 0.104 e. The molecule has 0 amide bonds. The van der Waals surface area contributed by atoms with Gasteiger partial charge in [-0.2, -0.15) is 0 Å². The number of benzene rings is 3. The minimum Gasteiger partial charge on any atom is -0.386 e. The SMILES string of the molecule is CCCN1[C@@H](c2ccccc2)[C@@]1(c1ccccc1)[C@@H](O)c1c(C)cc(C)cc1C. The van der Waals surface area contributed by atoms with Gasteiger partial charge in [-0.1, -0.05) is 85.3 Å². The lowest BCUT2D eigenvalue weighted by Gasteiger charge is -2.28. The van der Waals surface area contributed by atoms with E-state index in [2.05, 4.69) is 105 Å². The molecular formula is C27H31NO. The van der Waals surface area contributed by atoms with Gasteiger partial charge in [0.1, 0.15) is 6.10 Å². The number of nitrogens with zero attached hydrogens (tertiary/aromatic N) is 1. The zero-order chi connectivity index (χ0) is 20.6. The molecule has 0 spiro atoms. The van der Waals surface area contributed by atoms with Gasteiger partial charge in [0.2, 0.25) is 0 Å². The van der Waals surface area contributed by atoms with Crippen molar-refractivity contribution in [3.05, 3.63) is 106 Å². The first-order chi connectivity index (χ1) is 14.0. The molecule has 1 saturated heterocycles. The van der Waals surface area contributed by atoms with Crippen molar-refractivity contribution in [1.82, 2.24) is 4.90 Å². The lowest BCUT2D eigenvalue weighted by molar-refractivity contribution is 0.101. The number of hydrogen-bond acceptors (Lipinski definition) is 2. The summed E-state index contributed by atoms with van der Waals surface area (Å²) in [5.41, 5.74) is 6.66. The van der Waals surface area contributed by atoms with Gasteiger partial charge in [0.15, 0.2) is 0 Å². The number of aliphatic hydroxyl groups excluding tert-OH is 1. The molecule has 0 aromatic heterocycles. The highest BCUT2D eigenvalue weighted by atomic mass is 16.3. The summed E-state index contributed by atoms with van der Waals surface area (Å²) in [6.07, 6.45) is 0.457. The summed E-state index contributed by atoms with van der Waals surface area (Å²) in [5.74, 6) is 0. The Morgan fingerprint density at radius 2 is 1.45 bits per heavy atom. The van der Waals surface area contributed by atoms with Crippen LogP contribution < -0.4 is 0 Å². The molecule has 4 atom stereocenters. The smallest absolute Gasteiger partial charge is 0.104 e. The highest BCUT2D eigenvalue weighted by molar-refractivity contribution is 5.49. The Bertz CT molecular complexity index is 959. The maximum absolute atomic E-state index is 12.0. The number of aryl methyl sites for hydroxylation is 3. The molecule has 2 heteroatoms. The fraction of sp³-hybridized carbons (Fsp3) is 0.333. The Morgan fingerprint density at radius 3 is 2.00 bits per heavy atom. The molecule has 3 aromatic carbocycles. The van der Waals surface area contributed by atoms with E-state index in [9.17, 15) is 5.11 Å². The fourth-order valence-electron chi connectivity index (χ4n) is 5.32. The molecule has 0 aliphatic carbocycles. The van der Waals surface area contributed by atoms with Crippen LogP contribution in [0.15, 0.2) is 72.8 Å². The maximum atomic E-state index is 12.0. The third-order valence-corrected chi connectivity index (χ3v) is 6.38. The van der Waals surface area contributed by atoms with Crippen LogP contribution in [0.1, 0.15) is 58.9 Å². The van der Waals surface area contributed by atoms with Gasteiger partial charge >= 0.3 is 0 Å². The van der Waals surface area contributed by atoms with Gasteiger partial charge in [0, 0.05) is 0 Å². The normalized spacial score (nSPS) is 24.3. The molecule has 3 aromatic rings. The second kappa shape index (κ2) is 7.78. The van der Waals surface area contributed by atoms with Crippen molar-refractivity contribution in [2.75, 3.05) is 6.54 Å². The Balaban J connectivity index is 1.91. The molecule has 0 radical (unpaired) electrons. The molecule has 1 aliphatic heterocycles. The largest absolute Gasteiger partial charge is 0.386 e. The van der Waals surface area contributed by atoms with Crippen LogP contribution in [-0.2, 0) is 5.54 Å². The number of hydrogen-bond donors (Lipinski definition) is 1. The van der Waals surface area contributed by atoms with Gasteiger partial charge in [0.05, 0.1) is 11.6 Å². The monoisotopic (exact) mass is 385 g/mol. The quantitative estimate of drug-likeness (QED) is 0.525. The van der Waals surface area contributed by atoms with E-state index in [1.807, 2.05) is 0 Å². The van der Waals surface area contributed by atoms with Crippen molar-refractivity contribution in [1.29, 1.82) is 0 Å². The standard InChI is InChI=1S/C27H31NO/c1-5-16-28-25(22-12-8-6-9-13-22)27(28,23-14-10-7-11-15-23)26(29)24-20(3)17-19(2)18-21(24)4/h6-15,17-18,25-26,29H,5,16H2,1-4H3/t25-,26-,27-,28?/m0/s1. The minimum atomic E-state index is -0.595. The van der Waals surface area contributed by atoms with E-state index in [1.165, 1.54) is 27.8 Å². The number of rotatable bonds is 6. The molecule has 1 fully saturated rings. The van der Waals surface area contributed by atoms with Gasteiger partial charge in [-0.25, -0.2) is 0 Å². The van der Waals surface area contributed by atoms with Crippen molar-refractivity contribution < 1.29 is 5.11 Å². The molecule has 0 saturated carbocycles. The Morgan fingerprint density at radius 1 is 0.897 bits per heavy atom. The first-order valence-electron chi connectivity index (χ1n) is 10.6. The summed E-state index contributed by atoms with van der Waals surface area (Å²) in [4.78, 5) is 2.49. The van der Waals surface area contributed by atoms with Crippen LogP contribution in [-0.4, -0.2) is 16.6 Å². The molecule has 1 unspecified atom stereocenters. The summed E-state index contributed by atoms with van der Waals surface area (Å²) >= 11 is 0. The van der Waals surface area contributed by atoms with Gasteiger partial charge in [-0.05, 0) is 61.6 Å². The van der Waals surface area contributed by atoms with Crippen LogP contribution in [0, 0.1) is 20.8 Å². The lowest BCUT2D eigenvalue weighted by atomic mass is 9.80. The van der Waals surface area contributed by atoms with Gasteiger partial charge < -0.3 is 5.11 Å². The lowest BCUT2D eigenvalue weighted by Crippen LogP contribution is -2.27. The summed E-state index contributed by atoms with van der Waals surface area (Å²) in [7, 11) is 0. The molecular weight excluding hydrogens is 354 g/mol. The predicted octanol–water partition coefficient (Wildman–Crippen LogP) is 6.01. The molecule has 29 heavy (non-hydrogen) atoms. The highest BCUT2D eigenvalue weighted by Crippen LogP contribution is 2.66. The van der Waals surface area contributed by atoms with Gasteiger partial charge in [0.25, 0.3) is 0 Å². The van der Waals surface area contributed by atoms with Crippen LogP contribution in [0.25, 0.3) is 0 Å². The average molecular weight is 386 g/mol. The number of aliphatic hydroxyl groups is 1. The zero-order valence-electron chi connectivity index (χ0n) is 17.9. The second-order valence-electron chi connectivity index (χ2n) is 8.41. The van der Waals surface area contributed by atoms with E-state index >= 15 is 0 Å². The van der Waals surface area contributed by atoms with Crippen molar-refractivity contribution in [3.63, 3.8) is 0 Å². The van der Waals surface area contributed by atoms with E-state index in [4.69, 9.17) is 0 Å². The van der Waals surface area contributed by atoms with Crippen LogP contribution in [0.5, 0.6) is 0 Å². The summed E-state index contributed by atoms with van der Waals surface area (Å²) in [6, 6.07) is 25.8.